The summed E-state index contributed by atoms with van der Waals surface area (Å²) in [6.07, 6.45) is 1.46. The van der Waals surface area contributed by atoms with Gasteiger partial charge in [0.2, 0.25) is 0 Å². The molecule has 1 aromatic rings. The number of aryl methyl sites for hydroxylation is 1. The molecule has 0 aromatic heterocycles. The van der Waals surface area contributed by atoms with E-state index in [1.54, 1.807) is 12.1 Å². The van der Waals surface area contributed by atoms with Gasteiger partial charge in [-0.15, -0.1) is 0 Å². The Morgan fingerprint density at radius 3 is 2.40 bits per heavy atom. The molecular formula is C12H14O3. The van der Waals surface area contributed by atoms with Gasteiger partial charge in [0.1, 0.15) is 0 Å². The van der Waals surface area contributed by atoms with Gasteiger partial charge in [0, 0.05) is 0 Å². The number of rotatable bonds is 2. The second kappa shape index (κ2) is 3.07. The van der Waals surface area contributed by atoms with Crippen LogP contribution in [0.5, 0.6) is 0 Å². The molecule has 2 N–H and O–H groups in total. The summed E-state index contributed by atoms with van der Waals surface area (Å²) in [4.78, 5) is 10.9. The van der Waals surface area contributed by atoms with E-state index in [9.17, 15) is 9.90 Å². The highest BCUT2D eigenvalue weighted by Crippen LogP contribution is 2.47. The molecule has 0 bridgehead atoms. The lowest BCUT2D eigenvalue weighted by Crippen LogP contribution is -2.10. The van der Waals surface area contributed by atoms with Crippen molar-refractivity contribution >= 4 is 5.97 Å². The van der Waals surface area contributed by atoms with Gasteiger partial charge in [-0.2, -0.15) is 0 Å². The van der Waals surface area contributed by atoms with E-state index in [0.717, 1.165) is 29.5 Å². The fourth-order valence-electron chi connectivity index (χ4n) is 1.85. The Labute approximate surface area is 88.4 Å². The number of aromatic carboxylic acids is 1. The van der Waals surface area contributed by atoms with Crippen LogP contribution in [-0.2, 0) is 5.60 Å². The highest BCUT2D eigenvalue weighted by molar-refractivity contribution is 5.88. The maximum Gasteiger partial charge on any atom is 0.335 e. The van der Waals surface area contributed by atoms with Crippen molar-refractivity contribution in [2.75, 3.05) is 0 Å². The monoisotopic (exact) mass is 206 g/mol. The van der Waals surface area contributed by atoms with Gasteiger partial charge >= 0.3 is 5.97 Å². The summed E-state index contributed by atoms with van der Waals surface area (Å²) in [6.45, 7) is 3.80. The SMILES string of the molecule is Cc1cc(C(=O)O)cc(C2(O)CC2)c1C. The topological polar surface area (TPSA) is 57.5 Å². The van der Waals surface area contributed by atoms with Crippen molar-refractivity contribution in [1.82, 2.24) is 0 Å². The predicted octanol–water partition coefficient (Wildman–Crippen LogP) is 1.98. The second-order valence-electron chi connectivity index (χ2n) is 4.30. The van der Waals surface area contributed by atoms with Crippen molar-refractivity contribution in [3.8, 4) is 0 Å². The van der Waals surface area contributed by atoms with Crippen molar-refractivity contribution in [3.63, 3.8) is 0 Å². The van der Waals surface area contributed by atoms with E-state index in [1.807, 2.05) is 13.8 Å². The lowest BCUT2D eigenvalue weighted by molar-refractivity contribution is 0.0696. The molecule has 1 aromatic carbocycles. The molecule has 80 valence electrons. The number of carboxylic acid groups (broad SMARTS) is 1. The zero-order valence-electron chi connectivity index (χ0n) is 8.87. The molecule has 2 rings (SSSR count). The Kier molecular flexibility index (Phi) is 2.08. The first kappa shape index (κ1) is 10.2. The third-order valence-electron chi connectivity index (χ3n) is 3.14. The molecule has 1 saturated carbocycles. The number of aliphatic hydroxyl groups is 1. The highest BCUT2D eigenvalue weighted by Gasteiger charge is 2.43. The summed E-state index contributed by atoms with van der Waals surface area (Å²) < 4.78 is 0. The molecule has 0 aliphatic heterocycles. The summed E-state index contributed by atoms with van der Waals surface area (Å²) in [6, 6.07) is 3.24. The first-order chi connectivity index (χ1) is 6.94. The molecule has 1 aliphatic carbocycles. The number of benzene rings is 1. The maximum absolute atomic E-state index is 10.9. The molecule has 0 heterocycles. The van der Waals surface area contributed by atoms with Gasteiger partial charge in [0.05, 0.1) is 11.2 Å². The van der Waals surface area contributed by atoms with E-state index in [2.05, 4.69) is 0 Å². The molecule has 3 heteroatoms. The molecule has 0 saturated heterocycles. The average molecular weight is 206 g/mol. The Hall–Kier alpha value is -1.35. The van der Waals surface area contributed by atoms with Crippen LogP contribution in [-0.4, -0.2) is 16.2 Å². The van der Waals surface area contributed by atoms with E-state index in [-0.39, 0.29) is 5.56 Å². The number of carbonyl (C=O) groups is 1. The van der Waals surface area contributed by atoms with Crippen LogP contribution in [0.1, 0.15) is 39.9 Å². The molecule has 0 amide bonds. The van der Waals surface area contributed by atoms with Crippen LogP contribution in [0.2, 0.25) is 0 Å². The first-order valence-electron chi connectivity index (χ1n) is 5.01. The quantitative estimate of drug-likeness (QED) is 0.777. The van der Waals surface area contributed by atoms with Gasteiger partial charge in [-0.05, 0) is 55.5 Å². The number of hydrogen-bond donors (Lipinski definition) is 2. The number of hydrogen-bond acceptors (Lipinski definition) is 2. The standard InChI is InChI=1S/C12H14O3/c1-7-5-9(11(13)14)6-10(8(7)2)12(15)3-4-12/h5-6,15H,3-4H2,1-2H3,(H,13,14). The lowest BCUT2D eigenvalue weighted by atomic mass is 9.95. The molecule has 0 unspecified atom stereocenters. The highest BCUT2D eigenvalue weighted by atomic mass is 16.4. The summed E-state index contributed by atoms with van der Waals surface area (Å²) in [5, 5.41) is 18.9. The summed E-state index contributed by atoms with van der Waals surface area (Å²) in [5.74, 6) is -0.941. The molecule has 3 nitrogen and oxygen atoms in total. The Bertz CT molecular complexity index is 431. The zero-order valence-corrected chi connectivity index (χ0v) is 8.87. The van der Waals surface area contributed by atoms with Gasteiger partial charge in [0.15, 0.2) is 0 Å². The first-order valence-corrected chi connectivity index (χ1v) is 5.01. The van der Waals surface area contributed by atoms with Crippen LogP contribution in [0.3, 0.4) is 0 Å². The van der Waals surface area contributed by atoms with Crippen molar-refractivity contribution in [3.05, 3.63) is 34.4 Å². The van der Waals surface area contributed by atoms with E-state index in [0.29, 0.717) is 0 Å². The van der Waals surface area contributed by atoms with Crippen LogP contribution in [0.4, 0.5) is 0 Å². The van der Waals surface area contributed by atoms with Crippen molar-refractivity contribution < 1.29 is 15.0 Å². The Morgan fingerprint density at radius 2 is 1.93 bits per heavy atom. The normalized spacial score (nSPS) is 17.5. The molecule has 0 radical (unpaired) electrons. The van der Waals surface area contributed by atoms with Gasteiger partial charge < -0.3 is 10.2 Å². The predicted molar refractivity (Wildman–Crippen MR) is 56.0 cm³/mol. The van der Waals surface area contributed by atoms with Gasteiger partial charge in [-0.3, -0.25) is 0 Å². The molecule has 15 heavy (non-hydrogen) atoms. The van der Waals surface area contributed by atoms with Crippen molar-refractivity contribution in [2.45, 2.75) is 32.3 Å². The van der Waals surface area contributed by atoms with Crippen LogP contribution in [0.25, 0.3) is 0 Å². The van der Waals surface area contributed by atoms with Gasteiger partial charge in [-0.25, -0.2) is 4.79 Å². The van der Waals surface area contributed by atoms with Crippen LogP contribution in [0.15, 0.2) is 12.1 Å². The van der Waals surface area contributed by atoms with Crippen LogP contribution >= 0.6 is 0 Å². The second-order valence-corrected chi connectivity index (χ2v) is 4.30. The number of carboxylic acids is 1. The molecule has 0 atom stereocenters. The van der Waals surface area contributed by atoms with Crippen LogP contribution in [0, 0.1) is 13.8 Å². The van der Waals surface area contributed by atoms with Crippen LogP contribution < -0.4 is 0 Å². The average Bonchev–Trinajstić information content (AvgIpc) is 2.89. The molecule has 1 aliphatic rings. The van der Waals surface area contributed by atoms with E-state index in [1.165, 1.54) is 0 Å². The third kappa shape index (κ3) is 1.63. The largest absolute Gasteiger partial charge is 0.478 e. The van der Waals surface area contributed by atoms with Crippen molar-refractivity contribution in [2.24, 2.45) is 0 Å². The van der Waals surface area contributed by atoms with Crippen molar-refractivity contribution in [1.29, 1.82) is 0 Å². The maximum atomic E-state index is 10.9. The minimum Gasteiger partial charge on any atom is -0.478 e. The van der Waals surface area contributed by atoms with E-state index in [4.69, 9.17) is 5.11 Å². The summed E-state index contributed by atoms with van der Waals surface area (Å²) >= 11 is 0. The fraction of sp³-hybridized carbons (Fsp3) is 0.417. The van der Waals surface area contributed by atoms with Gasteiger partial charge in [-0.1, -0.05) is 0 Å². The zero-order chi connectivity index (χ0) is 11.2. The smallest absolute Gasteiger partial charge is 0.335 e. The molecule has 1 fully saturated rings. The Balaban J connectivity index is 2.58. The Morgan fingerprint density at radius 1 is 1.33 bits per heavy atom. The minimum absolute atomic E-state index is 0.258. The third-order valence-corrected chi connectivity index (χ3v) is 3.14. The lowest BCUT2D eigenvalue weighted by Gasteiger charge is -2.15. The van der Waals surface area contributed by atoms with E-state index < -0.39 is 11.6 Å². The molecular weight excluding hydrogens is 192 g/mol. The summed E-state index contributed by atoms with van der Waals surface area (Å²) in [7, 11) is 0. The minimum atomic E-state index is -0.941. The summed E-state index contributed by atoms with van der Waals surface area (Å²) in [5.41, 5.74) is 2.19. The van der Waals surface area contributed by atoms with E-state index >= 15 is 0 Å². The van der Waals surface area contributed by atoms with Gasteiger partial charge in [0.25, 0.3) is 0 Å². The fourth-order valence-corrected chi connectivity index (χ4v) is 1.85. The molecule has 0 spiro atoms.